The van der Waals surface area contributed by atoms with E-state index in [9.17, 15) is 9.59 Å². The molecule has 0 amide bonds. The summed E-state index contributed by atoms with van der Waals surface area (Å²) in [6.45, 7) is 0. The number of allylic oxidation sites excluding steroid dienone is 1. The number of hydrogen-bond acceptors (Lipinski definition) is 3. The van der Waals surface area contributed by atoms with E-state index in [4.69, 9.17) is 4.74 Å². The third kappa shape index (κ3) is 1.92. The largest absolute Gasteiger partial charge is 0.465 e. The summed E-state index contributed by atoms with van der Waals surface area (Å²) >= 11 is 0. The number of H-pyrrole nitrogens is 1. The van der Waals surface area contributed by atoms with Gasteiger partial charge in [-0.25, -0.2) is 4.79 Å². The zero-order chi connectivity index (χ0) is 16.0. The maximum atomic E-state index is 12.8. The van der Waals surface area contributed by atoms with Crippen molar-refractivity contribution < 1.29 is 14.3 Å². The van der Waals surface area contributed by atoms with E-state index in [0.29, 0.717) is 22.4 Å². The summed E-state index contributed by atoms with van der Waals surface area (Å²) in [6.07, 6.45) is 1.85. The van der Waals surface area contributed by atoms with Crippen LogP contribution >= 0.6 is 0 Å². The number of carbonyl (C=O) groups excluding carboxylic acids is 2. The summed E-state index contributed by atoms with van der Waals surface area (Å²) in [5.74, 6) is -0.553. The summed E-state index contributed by atoms with van der Waals surface area (Å²) in [5.41, 5.74) is 3.88. The first-order valence-electron chi connectivity index (χ1n) is 7.25. The van der Waals surface area contributed by atoms with E-state index in [1.165, 1.54) is 7.11 Å². The number of fused-ring (bicyclic) bond motifs is 3. The third-order valence-corrected chi connectivity index (χ3v) is 4.13. The van der Waals surface area contributed by atoms with Crippen molar-refractivity contribution in [2.45, 2.75) is 0 Å². The molecule has 3 aromatic rings. The van der Waals surface area contributed by atoms with Crippen LogP contribution in [0.1, 0.15) is 32.0 Å². The van der Waals surface area contributed by atoms with E-state index in [1.807, 2.05) is 30.3 Å². The fourth-order valence-electron chi connectivity index (χ4n) is 3.04. The molecule has 1 aromatic heterocycles. The van der Waals surface area contributed by atoms with Crippen LogP contribution in [0, 0.1) is 0 Å². The number of ether oxygens (including phenoxy) is 1. The average molecular weight is 303 g/mol. The Labute approximate surface area is 132 Å². The lowest BCUT2D eigenvalue weighted by molar-refractivity contribution is 0.0600. The van der Waals surface area contributed by atoms with E-state index in [2.05, 4.69) is 4.98 Å². The molecule has 0 saturated carbocycles. The highest BCUT2D eigenvalue weighted by Crippen LogP contribution is 2.37. The number of hydrogen-bond donors (Lipinski definition) is 1. The van der Waals surface area contributed by atoms with Crippen molar-refractivity contribution in [3.63, 3.8) is 0 Å². The highest BCUT2D eigenvalue weighted by Gasteiger charge is 2.29. The van der Waals surface area contributed by atoms with E-state index < -0.39 is 5.97 Å². The smallest absolute Gasteiger partial charge is 0.338 e. The van der Waals surface area contributed by atoms with Gasteiger partial charge in [0, 0.05) is 27.6 Å². The Balaban J connectivity index is 1.91. The molecule has 0 unspecified atom stereocenters. The fraction of sp³-hybridized carbons (Fsp3) is 0.0526. The van der Waals surface area contributed by atoms with Crippen molar-refractivity contribution in [1.82, 2.24) is 4.98 Å². The highest BCUT2D eigenvalue weighted by molar-refractivity contribution is 6.39. The van der Waals surface area contributed by atoms with Gasteiger partial charge in [0.15, 0.2) is 0 Å². The molecule has 0 radical (unpaired) electrons. The molecule has 0 fully saturated rings. The van der Waals surface area contributed by atoms with Gasteiger partial charge in [0.1, 0.15) is 0 Å². The molecule has 4 rings (SSSR count). The van der Waals surface area contributed by atoms with Gasteiger partial charge in [-0.2, -0.15) is 0 Å². The van der Waals surface area contributed by atoms with Crippen LogP contribution in [-0.4, -0.2) is 23.8 Å². The average Bonchev–Trinajstić information content (AvgIpc) is 3.11. The first-order valence-corrected chi connectivity index (χ1v) is 7.25. The quantitative estimate of drug-likeness (QED) is 0.734. The Bertz CT molecular complexity index is 995. The predicted molar refractivity (Wildman–Crippen MR) is 88.3 cm³/mol. The summed E-state index contributed by atoms with van der Waals surface area (Å²) in [6, 6.07) is 14.8. The molecule has 1 aliphatic rings. The molecule has 0 aliphatic heterocycles. The molecule has 4 nitrogen and oxygen atoms in total. The van der Waals surface area contributed by atoms with Gasteiger partial charge in [-0.1, -0.05) is 36.4 Å². The van der Waals surface area contributed by atoms with Crippen LogP contribution in [0.5, 0.6) is 0 Å². The van der Waals surface area contributed by atoms with E-state index >= 15 is 0 Å². The Morgan fingerprint density at radius 2 is 1.78 bits per heavy atom. The van der Waals surface area contributed by atoms with Crippen LogP contribution in [0.4, 0.5) is 0 Å². The Morgan fingerprint density at radius 1 is 1.04 bits per heavy atom. The summed E-state index contributed by atoms with van der Waals surface area (Å²) < 4.78 is 4.82. The number of Topliss-reactive ketones (excluding diaryl/α,β-unsaturated/α-hetero) is 1. The molecular weight excluding hydrogens is 290 g/mol. The van der Waals surface area contributed by atoms with Gasteiger partial charge >= 0.3 is 5.97 Å². The van der Waals surface area contributed by atoms with Gasteiger partial charge in [-0.15, -0.1) is 0 Å². The van der Waals surface area contributed by atoms with Crippen LogP contribution in [0.2, 0.25) is 0 Å². The number of nitrogens with one attached hydrogen (secondary N) is 1. The maximum absolute atomic E-state index is 12.8. The van der Waals surface area contributed by atoms with Crippen molar-refractivity contribution in [2.75, 3.05) is 7.11 Å². The standard InChI is InChI=1S/C19H13NO3/c1-23-19(22)13-8-3-2-6-11(13)15-10-14-12-7-4-5-9-16(12)20-17(14)18(15)21/h2-10,20H,1H3. The molecule has 1 heterocycles. The Morgan fingerprint density at radius 3 is 2.61 bits per heavy atom. The maximum Gasteiger partial charge on any atom is 0.338 e. The van der Waals surface area contributed by atoms with Gasteiger partial charge in [0.05, 0.1) is 18.4 Å². The first kappa shape index (κ1) is 13.5. The van der Waals surface area contributed by atoms with Crippen LogP contribution in [0.15, 0.2) is 48.5 Å². The minimum atomic E-state index is -0.449. The number of aromatic amines is 1. The van der Waals surface area contributed by atoms with Gasteiger partial charge < -0.3 is 9.72 Å². The first-order chi connectivity index (χ1) is 11.2. The van der Waals surface area contributed by atoms with E-state index in [0.717, 1.165) is 16.5 Å². The number of para-hydroxylation sites is 1. The second kappa shape index (κ2) is 4.95. The number of benzene rings is 2. The fourth-order valence-corrected chi connectivity index (χ4v) is 3.04. The molecule has 2 aromatic carbocycles. The molecule has 1 aliphatic carbocycles. The predicted octanol–water partition coefficient (Wildman–Crippen LogP) is 3.69. The van der Waals surface area contributed by atoms with Gasteiger partial charge in [-0.3, -0.25) is 4.79 Å². The van der Waals surface area contributed by atoms with E-state index in [1.54, 1.807) is 24.3 Å². The van der Waals surface area contributed by atoms with Crippen molar-refractivity contribution in [3.05, 3.63) is 70.9 Å². The van der Waals surface area contributed by atoms with Crippen LogP contribution in [0.25, 0.3) is 22.6 Å². The molecule has 23 heavy (non-hydrogen) atoms. The van der Waals surface area contributed by atoms with Crippen molar-refractivity contribution >= 4 is 34.3 Å². The van der Waals surface area contributed by atoms with E-state index in [-0.39, 0.29) is 5.78 Å². The van der Waals surface area contributed by atoms with Gasteiger partial charge in [-0.05, 0) is 18.2 Å². The minimum Gasteiger partial charge on any atom is -0.465 e. The van der Waals surface area contributed by atoms with Crippen molar-refractivity contribution in [1.29, 1.82) is 0 Å². The monoisotopic (exact) mass is 303 g/mol. The second-order valence-corrected chi connectivity index (χ2v) is 5.38. The molecule has 0 atom stereocenters. The molecule has 0 spiro atoms. The summed E-state index contributed by atoms with van der Waals surface area (Å²) in [5, 5.41) is 1.00. The minimum absolute atomic E-state index is 0.104. The molecule has 4 heteroatoms. The highest BCUT2D eigenvalue weighted by atomic mass is 16.5. The van der Waals surface area contributed by atoms with Crippen LogP contribution in [0.3, 0.4) is 0 Å². The van der Waals surface area contributed by atoms with Crippen LogP contribution in [-0.2, 0) is 4.74 Å². The second-order valence-electron chi connectivity index (χ2n) is 5.38. The topological polar surface area (TPSA) is 59.2 Å². The number of ketones is 1. The van der Waals surface area contributed by atoms with Crippen molar-refractivity contribution in [2.24, 2.45) is 0 Å². The number of esters is 1. The SMILES string of the molecule is COC(=O)c1ccccc1C1=Cc2c([nH]c3ccccc23)C1=O. The zero-order valence-corrected chi connectivity index (χ0v) is 12.4. The lowest BCUT2D eigenvalue weighted by Crippen LogP contribution is -2.08. The molecule has 1 N–H and O–H groups in total. The number of rotatable bonds is 2. The Hall–Kier alpha value is -3.14. The summed E-state index contributed by atoms with van der Waals surface area (Å²) in [7, 11) is 1.33. The normalized spacial score (nSPS) is 13.1. The lowest BCUT2D eigenvalue weighted by Gasteiger charge is -2.07. The Kier molecular flexibility index (Phi) is 2.91. The van der Waals surface area contributed by atoms with Crippen LogP contribution < -0.4 is 0 Å². The number of aromatic nitrogens is 1. The molecular formula is C19H13NO3. The molecule has 0 saturated heterocycles. The molecule has 112 valence electrons. The summed E-state index contributed by atoms with van der Waals surface area (Å²) in [4.78, 5) is 27.9. The number of methoxy groups -OCH3 is 1. The number of carbonyl (C=O) groups is 2. The third-order valence-electron chi connectivity index (χ3n) is 4.13. The lowest BCUT2D eigenvalue weighted by atomic mass is 9.98. The van der Waals surface area contributed by atoms with Gasteiger partial charge in [0.25, 0.3) is 0 Å². The zero-order valence-electron chi connectivity index (χ0n) is 12.4. The van der Waals surface area contributed by atoms with Gasteiger partial charge in [0.2, 0.25) is 5.78 Å². The van der Waals surface area contributed by atoms with Crippen molar-refractivity contribution in [3.8, 4) is 0 Å². The molecule has 0 bridgehead atoms.